The lowest BCUT2D eigenvalue weighted by atomic mass is 10.2. The molecule has 0 N–H and O–H groups in total. The molecule has 0 radical (unpaired) electrons. The number of nitrogens with zero attached hydrogens (tertiary/aromatic N) is 2. The van der Waals surface area contributed by atoms with Gasteiger partial charge < -0.3 is 4.90 Å². The number of hydrogen-bond donors (Lipinski definition) is 0. The third-order valence-electron chi connectivity index (χ3n) is 3.28. The van der Waals surface area contributed by atoms with Crippen LogP contribution in [0.1, 0.15) is 23.2 Å². The highest BCUT2D eigenvalue weighted by atomic mass is 79.9. The predicted octanol–water partition coefficient (Wildman–Crippen LogP) is 1.94. The molecule has 0 spiro atoms. The highest BCUT2D eigenvalue weighted by Gasteiger charge is 2.28. The van der Waals surface area contributed by atoms with Crippen molar-refractivity contribution in [3.63, 3.8) is 0 Å². The van der Waals surface area contributed by atoms with Crippen molar-refractivity contribution in [1.29, 1.82) is 0 Å². The molecule has 1 fully saturated rings. The van der Waals surface area contributed by atoms with E-state index in [0.29, 0.717) is 23.1 Å². The summed E-state index contributed by atoms with van der Waals surface area (Å²) in [6, 6.07) is 4.59. The third-order valence-corrected chi connectivity index (χ3v) is 5.86. The van der Waals surface area contributed by atoms with E-state index < -0.39 is 10.0 Å². The molecule has 0 saturated carbocycles. The van der Waals surface area contributed by atoms with Crippen LogP contribution in [0.5, 0.6) is 0 Å². The summed E-state index contributed by atoms with van der Waals surface area (Å²) in [7, 11) is -0.225. The fourth-order valence-corrected chi connectivity index (χ4v) is 4.11. The summed E-state index contributed by atoms with van der Waals surface area (Å²) in [5.74, 6) is -0.227. The second kappa shape index (κ2) is 5.83. The highest BCUT2D eigenvalue weighted by molar-refractivity contribution is 9.10. The molecule has 1 aromatic carbocycles. The van der Waals surface area contributed by atoms with Gasteiger partial charge >= 0.3 is 0 Å². The van der Waals surface area contributed by atoms with Crippen molar-refractivity contribution in [3.8, 4) is 0 Å². The summed E-state index contributed by atoms with van der Waals surface area (Å²) in [5.41, 5.74) is 0.357. The minimum Gasteiger partial charge on any atom is -0.345 e. The predicted molar refractivity (Wildman–Crippen MR) is 80.2 cm³/mol. The highest BCUT2D eigenvalue weighted by Crippen LogP contribution is 2.26. The molecule has 0 atom stereocenters. The van der Waals surface area contributed by atoms with Crippen molar-refractivity contribution in [2.24, 2.45) is 0 Å². The van der Waals surface area contributed by atoms with Crippen LogP contribution in [0.2, 0.25) is 0 Å². The van der Waals surface area contributed by atoms with E-state index in [-0.39, 0.29) is 10.8 Å². The fourth-order valence-electron chi connectivity index (χ4n) is 2.15. The van der Waals surface area contributed by atoms with Gasteiger partial charge in [0.2, 0.25) is 10.0 Å². The summed E-state index contributed by atoms with van der Waals surface area (Å²) >= 11 is 3.29. The van der Waals surface area contributed by atoms with Crippen LogP contribution in [0.15, 0.2) is 27.6 Å². The SMILES string of the molecule is CN(C)C(=O)c1cc(S(=O)(=O)N2CCCC2)ccc1Br. The second-order valence-corrected chi connectivity index (χ2v) is 7.74. The van der Waals surface area contributed by atoms with Crippen LogP contribution in [0.4, 0.5) is 0 Å². The monoisotopic (exact) mass is 360 g/mol. The van der Waals surface area contributed by atoms with E-state index in [4.69, 9.17) is 0 Å². The number of rotatable bonds is 3. The smallest absolute Gasteiger partial charge is 0.254 e. The molecule has 1 heterocycles. The summed E-state index contributed by atoms with van der Waals surface area (Å²) in [6.07, 6.45) is 1.78. The average molecular weight is 361 g/mol. The lowest BCUT2D eigenvalue weighted by molar-refractivity contribution is 0.0826. The summed E-state index contributed by atoms with van der Waals surface area (Å²) < 4.78 is 27.0. The molecule has 0 aliphatic carbocycles. The zero-order chi connectivity index (χ0) is 14.9. The molecule has 1 aromatic rings. The number of sulfonamides is 1. The molecular formula is C13H17BrN2O3S. The molecule has 7 heteroatoms. The van der Waals surface area contributed by atoms with Crippen LogP contribution in [-0.2, 0) is 10.0 Å². The van der Waals surface area contributed by atoms with E-state index >= 15 is 0 Å². The van der Waals surface area contributed by atoms with E-state index in [2.05, 4.69) is 15.9 Å². The van der Waals surface area contributed by atoms with E-state index in [0.717, 1.165) is 12.8 Å². The lowest BCUT2D eigenvalue weighted by Gasteiger charge is -2.17. The van der Waals surface area contributed by atoms with Crippen molar-refractivity contribution in [3.05, 3.63) is 28.2 Å². The van der Waals surface area contributed by atoms with Crippen LogP contribution < -0.4 is 0 Å². The molecule has 1 saturated heterocycles. The Balaban J connectivity index is 2.43. The van der Waals surface area contributed by atoms with Crippen LogP contribution in [0, 0.1) is 0 Å². The Morgan fingerprint density at radius 2 is 1.85 bits per heavy atom. The van der Waals surface area contributed by atoms with E-state index in [1.165, 1.54) is 21.3 Å². The van der Waals surface area contributed by atoms with Gasteiger partial charge in [0, 0.05) is 31.7 Å². The quantitative estimate of drug-likeness (QED) is 0.827. The Labute approximate surface area is 127 Å². The zero-order valence-electron chi connectivity index (χ0n) is 11.5. The number of carbonyl (C=O) groups excluding carboxylic acids is 1. The van der Waals surface area contributed by atoms with Crippen LogP contribution in [0.25, 0.3) is 0 Å². The first kappa shape index (κ1) is 15.5. The van der Waals surface area contributed by atoms with Gasteiger partial charge in [-0.15, -0.1) is 0 Å². The normalized spacial score (nSPS) is 16.4. The first-order valence-electron chi connectivity index (χ1n) is 6.35. The van der Waals surface area contributed by atoms with E-state index in [1.54, 1.807) is 20.2 Å². The molecule has 110 valence electrons. The van der Waals surface area contributed by atoms with Crippen LogP contribution >= 0.6 is 15.9 Å². The molecule has 1 aliphatic rings. The van der Waals surface area contributed by atoms with Gasteiger partial charge in [0.05, 0.1) is 10.5 Å². The number of amides is 1. The van der Waals surface area contributed by atoms with Crippen LogP contribution in [-0.4, -0.2) is 50.7 Å². The molecule has 0 aromatic heterocycles. The Morgan fingerprint density at radius 1 is 1.25 bits per heavy atom. The molecule has 1 aliphatic heterocycles. The van der Waals surface area contributed by atoms with Crippen molar-refractivity contribution in [1.82, 2.24) is 9.21 Å². The topological polar surface area (TPSA) is 57.7 Å². The van der Waals surface area contributed by atoms with Gasteiger partial charge in [-0.25, -0.2) is 8.42 Å². The molecular weight excluding hydrogens is 344 g/mol. The Bertz CT molecular complexity index is 623. The Morgan fingerprint density at radius 3 is 2.40 bits per heavy atom. The Hall–Kier alpha value is -0.920. The largest absolute Gasteiger partial charge is 0.345 e. The van der Waals surface area contributed by atoms with Gasteiger partial charge in [-0.05, 0) is 47.0 Å². The summed E-state index contributed by atoms with van der Waals surface area (Å²) in [6.45, 7) is 1.10. The number of halogens is 1. The minimum absolute atomic E-state index is 0.174. The maximum Gasteiger partial charge on any atom is 0.254 e. The second-order valence-electron chi connectivity index (χ2n) is 4.95. The van der Waals surface area contributed by atoms with Crippen molar-refractivity contribution in [2.45, 2.75) is 17.7 Å². The molecule has 0 unspecified atom stereocenters. The van der Waals surface area contributed by atoms with Gasteiger partial charge in [-0.3, -0.25) is 4.79 Å². The third kappa shape index (κ3) is 2.89. The van der Waals surface area contributed by atoms with Gasteiger partial charge in [0.1, 0.15) is 0 Å². The lowest BCUT2D eigenvalue weighted by Crippen LogP contribution is -2.28. The number of carbonyl (C=O) groups is 1. The number of benzene rings is 1. The molecule has 2 rings (SSSR count). The summed E-state index contributed by atoms with van der Waals surface area (Å²) in [4.78, 5) is 13.7. The van der Waals surface area contributed by atoms with E-state index in [9.17, 15) is 13.2 Å². The van der Waals surface area contributed by atoms with Gasteiger partial charge in [0.25, 0.3) is 5.91 Å². The minimum atomic E-state index is -3.50. The zero-order valence-corrected chi connectivity index (χ0v) is 13.9. The molecule has 20 heavy (non-hydrogen) atoms. The van der Waals surface area contributed by atoms with Crippen molar-refractivity contribution >= 4 is 31.9 Å². The van der Waals surface area contributed by atoms with Gasteiger partial charge in [-0.1, -0.05) is 0 Å². The standard InChI is InChI=1S/C13H17BrN2O3S/c1-15(2)13(17)11-9-10(5-6-12(11)14)20(18,19)16-7-3-4-8-16/h5-6,9H,3-4,7-8H2,1-2H3. The molecule has 5 nitrogen and oxygen atoms in total. The van der Waals surface area contributed by atoms with Crippen molar-refractivity contribution in [2.75, 3.05) is 27.2 Å². The fraction of sp³-hybridized carbons (Fsp3) is 0.462. The first-order chi connectivity index (χ1) is 9.34. The average Bonchev–Trinajstić information content (AvgIpc) is 2.92. The maximum absolute atomic E-state index is 12.5. The van der Waals surface area contributed by atoms with Gasteiger partial charge in [-0.2, -0.15) is 4.31 Å². The van der Waals surface area contributed by atoms with Gasteiger partial charge in [0.15, 0.2) is 0 Å². The van der Waals surface area contributed by atoms with E-state index in [1.807, 2.05) is 0 Å². The Kier molecular flexibility index (Phi) is 4.51. The molecule has 1 amide bonds. The van der Waals surface area contributed by atoms with Crippen LogP contribution in [0.3, 0.4) is 0 Å². The maximum atomic E-state index is 12.5. The number of hydrogen-bond acceptors (Lipinski definition) is 3. The first-order valence-corrected chi connectivity index (χ1v) is 8.58. The molecule has 0 bridgehead atoms. The summed E-state index contributed by atoms with van der Waals surface area (Å²) in [5, 5.41) is 0. The van der Waals surface area contributed by atoms with Crippen molar-refractivity contribution < 1.29 is 13.2 Å².